The maximum Gasteiger partial charge on any atom is 0.223 e. The molecule has 0 unspecified atom stereocenters. The van der Waals surface area contributed by atoms with E-state index in [-0.39, 0.29) is 5.75 Å². The summed E-state index contributed by atoms with van der Waals surface area (Å²) in [7, 11) is 0. The van der Waals surface area contributed by atoms with Gasteiger partial charge in [-0.2, -0.15) is 0 Å². The average Bonchev–Trinajstić information content (AvgIpc) is 2.41. The van der Waals surface area contributed by atoms with Gasteiger partial charge in [-0.15, -0.1) is 0 Å². The Morgan fingerprint density at radius 1 is 1.32 bits per heavy atom. The van der Waals surface area contributed by atoms with Gasteiger partial charge in [-0.05, 0) is 12.8 Å². The van der Waals surface area contributed by atoms with Crippen LogP contribution in [0.5, 0.6) is 5.75 Å². The van der Waals surface area contributed by atoms with Gasteiger partial charge in [0.1, 0.15) is 6.61 Å². The van der Waals surface area contributed by atoms with Crippen LogP contribution in [0.2, 0.25) is 0 Å². The fourth-order valence-corrected chi connectivity index (χ4v) is 1.65. The van der Waals surface area contributed by atoms with Crippen molar-refractivity contribution in [1.82, 2.24) is 4.98 Å². The van der Waals surface area contributed by atoms with E-state index in [9.17, 15) is 4.79 Å². The van der Waals surface area contributed by atoms with Crippen LogP contribution in [-0.2, 0) is 4.84 Å². The molecule has 0 radical (unpaired) electrons. The van der Waals surface area contributed by atoms with Crippen LogP contribution in [0.15, 0.2) is 22.2 Å². The zero-order valence-electron chi connectivity index (χ0n) is 11.4. The molecule has 0 spiro atoms. The first-order valence-corrected chi connectivity index (χ1v) is 6.81. The van der Waals surface area contributed by atoms with Crippen LogP contribution < -0.4 is 5.43 Å². The standard InChI is InChI=1S/C14H22N2O3/c1-2-3-4-5-6-7-8-19-16-10-12-9-13(17)14(18)11-15-12/h9-11,18H,2-8H2,1H3,(H,15,17)/b16-10+. The van der Waals surface area contributed by atoms with Crippen molar-refractivity contribution in [3.05, 3.63) is 28.2 Å². The van der Waals surface area contributed by atoms with E-state index in [0.717, 1.165) is 12.8 Å². The molecule has 0 fully saturated rings. The number of aromatic amines is 1. The summed E-state index contributed by atoms with van der Waals surface area (Å²) in [6.07, 6.45) is 9.90. The number of nitrogens with zero attached hydrogens (tertiary/aromatic N) is 1. The molecule has 2 N–H and O–H groups in total. The highest BCUT2D eigenvalue weighted by Gasteiger charge is 1.96. The average molecular weight is 266 g/mol. The summed E-state index contributed by atoms with van der Waals surface area (Å²) < 4.78 is 0. The van der Waals surface area contributed by atoms with E-state index in [4.69, 9.17) is 9.94 Å². The smallest absolute Gasteiger partial charge is 0.223 e. The first-order valence-electron chi connectivity index (χ1n) is 6.81. The first-order chi connectivity index (χ1) is 9.24. The van der Waals surface area contributed by atoms with Crippen LogP contribution in [-0.4, -0.2) is 22.9 Å². The third-order valence-corrected chi connectivity index (χ3v) is 2.77. The molecule has 1 heterocycles. The Morgan fingerprint density at radius 2 is 2.05 bits per heavy atom. The van der Waals surface area contributed by atoms with E-state index in [1.807, 2.05) is 0 Å². The highest BCUT2D eigenvalue weighted by atomic mass is 16.6. The molecule has 1 aromatic rings. The zero-order valence-corrected chi connectivity index (χ0v) is 11.4. The fourth-order valence-electron chi connectivity index (χ4n) is 1.65. The minimum atomic E-state index is -0.434. The number of pyridine rings is 1. The largest absolute Gasteiger partial charge is 0.503 e. The Hall–Kier alpha value is -1.78. The van der Waals surface area contributed by atoms with Crippen molar-refractivity contribution < 1.29 is 9.94 Å². The van der Waals surface area contributed by atoms with Gasteiger partial charge in [0.05, 0.1) is 11.9 Å². The van der Waals surface area contributed by atoms with E-state index >= 15 is 0 Å². The van der Waals surface area contributed by atoms with Crippen molar-refractivity contribution in [1.29, 1.82) is 0 Å². The lowest BCUT2D eigenvalue weighted by Gasteiger charge is -2.00. The summed E-state index contributed by atoms with van der Waals surface area (Å²) in [5.41, 5.74) is 0.0712. The molecular weight excluding hydrogens is 244 g/mol. The number of hydrogen-bond donors (Lipinski definition) is 2. The van der Waals surface area contributed by atoms with E-state index in [1.54, 1.807) is 0 Å². The van der Waals surface area contributed by atoms with Crippen molar-refractivity contribution in [3.63, 3.8) is 0 Å². The predicted octanol–water partition coefficient (Wildman–Crippen LogP) is 2.79. The zero-order chi connectivity index (χ0) is 13.9. The minimum Gasteiger partial charge on any atom is -0.503 e. The number of oxime groups is 1. The number of unbranched alkanes of at least 4 members (excludes halogenated alkanes) is 5. The summed E-state index contributed by atoms with van der Waals surface area (Å²) in [4.78, 5) is 19.0. The third kappa shape index (κ3) is 6.64. The molecule has 0 atom stereocenters. The maximum absolute atomic E-state index is 11.1. The Balaban J connectivity index is 2.13. The lowest BCUT2D eigenvalue weighted by molar-refractivity contribution is 0.141. The molecule has 0 saturated carbocycles. The fraction of sp³-hybridized carbons (Fsp3) is 0.571. The first kappa shape index (κ1) is 15.3. The molecule has 1 aromatic heterocycles. The van der Waals surface area contributed by atoms with Gasteiger partial charge in [0.2, 0.25) is 5.43 Å². The highest BCUT2D eigenvalue weighted by molar-refractivity contribution is 5.76. The summed E-state index contributed by atoms with van der Waals surface area (Å²) in [6.45, 7) is 2.79. The molecule has 106 valence electrons. The second-order valence-corrected chi connectivity index (χ2v) is 4.47. The number of H-pyrrole nitrogens is 1. The predicted molar refractivity (Wildman–Crippen MR) is 75.6 cm³/mol. The van der Waals surface area contributed by atoms with Gasteiger partial charge in [0.15, 0.2) is 5.75 Å². The highest BCUT2D eigenvalue weighted by Crippen LogP contribution is 2.04. The van der Waals surface area contributed by atoms with Crippen molar-refractivity contribution in [2.45, 2.75) is 45.4 Å². The lowest BCUT2D eigenvalue weighted by atomic mass is 10.1. The number of nitrogens with one attached hydrogen (secondary N) is 1. The van der Waals surface area contributed by atoms with Crippen LogP contribution in [0.25, 0.3) is 0 Å². The van der Waals surface area contributed by atoms with Crippen LogP contribution in [0.4, 0.5) is 0 Å². The molecule has 0 aliphatic heterocycles. The van der Waals surface area contributed by atoms with E-state index < -0.39 is 5.43 Å². The summed E-state index contributed by atoms with van der Waals surface area (Å²) in [5, 5.41) is 12.8. The van der Waals surface area contributed by atoms with Crippen molar-refractivity contribution in [2.75, 3.05) is 6.61 Å². The summed E-state index contributed by atoms with van der Waals surface area (Å²) in [6, 6.07) is 1.27. The quantitative estimate of drug-likeness (QED) is 0.410. The summed E-state index contributed by atoms with van der Waals surface area (Å²) in [5.74, 6) is -0.301. The van der Waals surface area contributed by atoms with Gasteiger partial charge in [0.25, 0.3) is 0 Å². The molecule has 0 aromatic carbocycles. The van der Waals surface area contributed by atoms with E-state index in [2.05, 4.69) is 17.1 Å². The van der Waals surface area contributed by atoms with Crippen molar-refractivity contribution in [3.8, 4) is 5.75 Å². The monoisotopic (exact) mass is 266 g/mol. The second-order valence-electron chi connectivity index (χ2n) is 4.47. The Bertz CT molecular complexity index is 441. The van der Waals surface area contributed by atoms with Gasteiger partial charge >= 0.3 is 0 Å². The minimum absolute atomic E-state index is 0.301. The summed E-state index contributed by atoms with van der Waals surface area (Å²) >= 11 is 0. The topological polar surface area (TPSA) is 74.7 Å². The molecule has 0 bridgehead atoms. The number of aromatic nitrogens is 1. The lowest BCUT2D eigenvalue weighted by Crippen LogP contribution is -2.02. The van der Waals surface area contributed by atoms with Gasteiger partial charge in [0, 0.05) is 12.3 Å². The molecule has 19 heavy (non-hydrogen) atoms. The number of rotatable bonds is 9. The van der Waals surface area contributed by atoms with Crippen LogP contribution in [0.1, 0.15) is 51.1 Å². The molecule has 5 heteroatoms. The molecule has 0 saturated heterocycles. The van der Waals surface area contributed by atoms with Crippen molar-refractivity contribution in [2.24, 2.45) is 5.16 Å². The van der Waals surface area contributed by atoms with Gasteiger partial charge in [-0.1, -0.05) is 37.8 Å². The van der Waals surface area contributed by atoms with E-state index in [1.165, 1.54) is 44.2 Å². The van der Waals surface area contributed by atoms with Crippen molar-refractivity contribution >= 4 is 6.21 Å². The molecule has 0 aliphatic carbocycles. The van der Waals surface area contributed by atoms with Gasteiger partial charge in [-0.25, -0.2) is 0 Å². The normalized spacial score (nSPS) is 11.0. The number of aromatic hydroxyl groups is 1. The van der Waals surface area contributed by atoms with Crippen LogP contribution in [0, 0.1) is 0 Å². The second kappa shape index (κ2) is 9.19. The molecule has 1 rings (SSSR count). The van der Waals surface area contributed by atoms with Crippen LogP contribution >= 0.6 is 0 Å². The Kier molecular flexibility index (Phi) is 7.39. The van der Waals surface area contributed by atoms with Gasteiger partial charge < -0.3 is 14.9 Å². The molecular formula is C14H22N2O3. The maximum atomic E-state index is 11.1. The molecule has 5 nitrogen and oxygen atoms in total. The SMILES string of the molecule is CCCCCCCCO/N=C/c1cc(=O)c(O)c[nH]1. The van der Waals surface area contributed by atoms with Gasteiger partial charge in [-0.3, -0.25) is 4.79 Å². The molecule has 0 aliphatic rings. The molecule has 0 amide bonds. The Morgan fingerprint density at radius 3 is 2.79 bits per heavy atom. The number of hydrogen-bond acceptors (Lipinski definition) is 4. The Labute approximate surface area is 113 Å². The third-order valence-electron chi connectivity index (χ3n) is 2.77. The van der Waals surface area contributed by atoms with E-state index in [0.29, 0.717) is 12.3 Å². The van der Waals surface area contributed by atoms with Crippen LogP contribution in [0.3, 0.4) is 0 Å².